The van der Waals surface area contributed by atoms with E-state index in [1.54, 1.807) is 14.0 Å². The number of ether oxygens (including phenoxy) is 1. The van der Waals surface area contributed by atoms with E-state index in [4.69, 9.17) is 0 Å². The van der Waals surface area contributed by atoms with Crippen LogP contribution in [0.15, 0.2) is 30.3 Å². The molecule has 0 radical (unpaired) electrons. The number of nitrogens with one attached hydrogen (secondary N) is 1. The number of methoxy groups -OCH3 is 1. The fourth-order valence-corrected chi connectivity index (χ4v) is 1.29. The van der Waals surface area contributed by atoms with Gasteiger partial charge in [-0.05, 0) is 19.1 Å². The zero-order chi connectivity index (χ0) is 12.8. The molecule has 2 amide bonds. The predicted octanol–water partition coefficient (Wildman–Crippen LogP) is 1.39. The van der Waals surface area contributed by atoms with Crippen LogP contribution in [0.1, 0.15) is 6.92 Å². The van der Waals surface area contributed by atoms with Crippen LogP contribution in [0.4, 0.5) is 10.5 Å². The molecule has 0 fully saturated rings. The third-order valence-electron chi connectivity index (χ3n) is 2.34. The maximum atomic E-state index is 11.8. The Bertz CT molecular complexity index is 392. The first-order valence-electron chi connectivity index (χ1n) is 5.23. The Morgan fingerprint density at radius 2 is 1.88 bits per heavy atom. The molecule has 1 aromatic rings. The molecule has 5 heteroatoms. The molecule has 0 saturated heterocycles. The van der Waals surface area contributed by atoms with Gasteiger partial charge in [-0.3, -0.25) is 4.90 Å². The normalized spacial score (nSPS) is 11.5. The molecule has 0 saturated carbocycles. The van der Waals surface area contributed by atoms with Crippen LogP contribution in [0.25, 0.3) is 0 Å². The van der Waals surface area contributed by atoms with E-state index in [2.05, 4.69) is 10.1 Å². The minimum absolute atomic E-state index is 0.353. The van der Waals surface area contributed by atoms with Gasteiger partial charge in [0, 0.05) is 12.7 Å². The first-order chi connectivity index (χ1) is 8.06. The van der Waals surface area contributed by atoms with E-state index in [9.17, 15) is 9.59 Å². The van der Waals surface area contributed by atoms with Crippen LogP contribution in [0, 0.1) is 0 Å². The highest BCUT2D eigenvalue weighted by Gasteiger charge is 2.18. The summed E-state index contributed by atoms with van der Waals surface area (Å²) in [5.41, 5.74) is 0.752. The number of hydrogen-bond acceptors (Lipinski definition) is 3. The number of esters is 1. The van der Waals surface area contributed by atoms with Crippen LogP contribution in [-0.2, 0) is 9.53 Å². The standard InChI is InChI=1S/C12H16N2O3/c1-9(11(15)17-3)13-12(16)14(2)10-7-5-4-6-8-10/h4-9H,1-3H3,(H,13,16)/t9-/m0/s1. The van der Waals surface area contributed by atoms with Crippen molar-refractivity contribution in [2.24, 2.45) is 0 Å². The van der Waals surface area contributed by atoms with Gasteiger partial charge in [0.05, 0.1) is 7.11 Å². The average Bonchev–Trinajstić information content (AvgIpc) is 2.37. The minimum Gasteiger partial charge on any atom is -0.467 e. The summed E-state index contributed by atoms with van der Waals surface area (Å²) in [6, 6.07) is 8.13. The van der Waals surface area contributed by atoms with E-state index in [1.807, 2.05) is 30.3 Å². The van der Waals surface area contributed by atoms with E-state index in [0.29, 0.717) is 0 Å². The third kappa shape index (κ3) is 3.48. The zero-order valence-electron chi connectivity index (χ0n) is 10.1. The Balaban J connectivity index is 2.62. The lowest BCUT2D eigenvalue weighted by atomic mass is 10.3. The predicted molar refractivity (Wildman–Crippen MR) is 64.9 cm³/mol. The summed E-state index contributed by atoms with van der Waals surface area (Å²) < 4.78 is 4.53. The second kappa shape index (κ2) is 5.89. The maximum Gasteiger partial charge on any atom is 0.328 e. The van der Waals surface area contributed by atoms with Gasteiger partial charge in [0.2, 0.25) is 0 Å². The van der Waals surface area contributed by atoms with Crippen LogP contribution in [0.5, 0.6) is 0 Å². The van der Waals surface area contributed by atoms with Gasteiger partial charge in [-0.1, -0.05) is 18.2 Å². The number of carbonyl (C=O) groups excluding carboxylic acids is 2. The summed E-state index contributed by atoms with van der Waals surface area (Å²) in [6.45, 7) is 1.57. The number of urea groups is 1. The molecule has 0 unspecified atom stereocenters. The molecule has 0 aliphatic heterocycles. The molecule has 0 spiro atoms. The van der Waals surface area contributed by atoms with Gasteiger partial charge in [0.1, 0.15) is 6.04 Å². The number of nitrogens with zero attached hydrogens (tertiary/aromatic N) is 1. The zero-order valence-corrected chi connectivity index (χ0v) is 10.1. The van der Waals surface area contributed by atoms with Crippen molar-refractivity contribution in [2.75, 3.05) is 19.1 Å². The number of anilines is 1. The van der Waals surface area contributed by atoms with Crippen LogP contribution in [0.2, 0.25) is 0 Å². The van der Waals surface area contributed by atoms with Gasteiger partial charge >= 0.3 is 12.0 Å². The van der Waals surface area contributed by atoms with Crippen molar-refractivity contribution in [3.05, 3.63) is 30.3 Å². The van der Waals surface area contributed by atoms with Crippen LogP contribution in [-0.4, -0.2) is 32.2 Å². The van der Waals surface area contributed by atoms with E-state index < -0.39 is 12.0 Å². The van der Waals surface area contributed by atoms with Crippen molar-refractivity contribution < 1.29 is 14.3 Å². The molecule has 5 nitrogen and oxygen atoms in total. The Labute approximate surface area is 100 Å². The molecule has 0 aromatic heterocycles. The lowest BCUT2D eigenvalue weighted by Gasteiger charge is -2.20. The van der Waals surface area contributed by atoms with Gasteiger partial charge in [-0.2, -0.15) is 0 Å². The Morgan fingerprint density at radius 3 is 2.41 bits per heavy atom. The molecule has 1 N–H and O–H groups in total. The smallest absolute Gasteiger partial charge is 0.328 e. The van der Waals surface area contributed by atoms with Gasteiger partial charge in [0.25, 0.3) is 0 Å². The molecule has 0 heterocycles. The van der Waals surface area contributed by atoms with Gasteiger partial charge < -0.3 is 10.1 Å². The molecule has 0 bridgehead atoms. The Kier molecular flexibility index (Phi) is 4.51. The van der Waals surface area contributed by atoms with Crippen LogP contribution < -0.4 is 10.2 Å². The second-order valence-electron chi connectivity index (χ2n) is 3.59. The number of amides is 2. The Hall–Kier alpha value is -2.04. The SMILES string of the molecule is COC(=O)[C@H](C)NC(=O)N(C)c1ccccc1. The van der Waals surface area contributed by atoms with Crippen molar-refractivity contribution in [1.82, 2.24) is 5.32 Å². The van der Waals surface area contributed by atoms with Gasteiger partial charge in [-0.25, -0.2) is 9.59 Å². The first-order valence-corrected chi connectivity index (χ1v) is 5.23. The average molecular weight is 236 g/mol. The fraction of sp³-hybridized carbons (Fsp3) is 0.333. The summed E-state index contributed by atoms with van der Waals surface area (Å²) in [5, 5.41) is 2.54. The molecule has 1 atom stereocenters. The number of hydrogen-bond donors (Lipinski definition) is 1. The second-order valence-corrected chi connectivity index (χ2v) is 3.59. The van der Waals surface area contributed by atoms with E-state index in [-0.39, 0.29) is 6.03 Å². The molecule has 0 aliphatic carbocycles. The highest BCUT2D eigenvalue weighted by molar-refractivity contribution is 5.94. The maximum absolute atomic E-state index is 11.8. The Morgan fingerprint density at radius 1 is 1.29 bits per heavy atom. The molecular weight excluding hydrogens is 220 g/mol. The molecule has 0 aliphatic rings. The van der Waals surface area contributed by atoms with E-state index in [0.717, 1.165) is 5.69 Å². The lowest BCUT2D eigenvalue weighted by molar-refractivity contribution is -0.142. The topological polar surface area (TPSA) is 58.6 Å². The van der Waals surface area contributed by atoms with Gasteiger partial charge in [-0.15, -0.1) is 0 Å². The number of benzene rings is 1. The largest absolute Gasteiger partial charge is 0.467 e. The van der Waals surface area contributed by atoms with Crippen molar-refractivity contribution in [2.45, 2.75) is 13.0 Å². The van der Waals surface area contributed by atoms with Crippen molar-refractivity contribution >= 4 is 17.7 Å². The highest BCUT2D eigenvalue weighted by atomic mass is 16.5. The molecule has 17 heavy (non-hydrogen) atoms. The summed E-state index contributed by atoms with van der Waals surface area (Å²) in [5.74, 6) is -0.472. The van der Waals surface area contributed by atoms with Crippen molar-refractivity contribution in [1.29, 1.82) is 0 Å². The van der Waals surface area contributed by atoms with Crippen LogP contribution in [0.3, 0.4) is 0 Å². The third-order valence-corrected chi connectivity index (χ3v) is 2.34. The molecule has 92 valence electrons. The lowest BCUT2D eigenvalue weighted by Crippen LogP contribution is -2.45. The number of rotatable bonds is 3. The summed E-state index contributed by atoms with van der Waals surface area (Å²) in [7, 11) is 2.92. The summed E-state index contributed by atoms with van der Waals surface area (Å²) >= 11 is 0. The fourth-order valence-electron chi connectivity index (χ4n) is 1.29. The quantitative estimate of drug-likeness (QED) is 0.807. The van der Waals surface area contributed by atoms with Crippen molar-refractivity contribution in [3.8, 4) is 0 Å². The van der Waals surface area contributed by atoms with Crippen molar-refractivity contribution in [3.63, 3.8) is 0 Å². The molecular formula is C12H16N2O3. The van der Waals surface area contributed by atoms with E-state index >= 15 is 0 Å². The van der Waals surface area contributed by atoms with E-state index in [1.165, 1.54) is 12.0 Å². The summed E-state index contributed by atoms with van der Waals surface area (Å²) in [4.78, 5) is 24.4. The number of para-hydroxylation sites is 1. The minimum atomic E-state index is -0.668. The molecule has 1 aromatic carbocycles. The first kappa shape index (κ1) is 13.0. The summed E-state index contributed by atoms with van der Waals surface area (Å²) in [6.07, 6.45) is 0. The monoisotopic (exact) mass is 236 g/mol. The highest BCUT2D eigenvalue weighted by Crippen LogP contribution is 2.10. The van der Waals surface area contributed by atoms with Gasteiger partial charge in [0.15, 0.2) is 0 Å². The number of carbonyl (C=O) groups is 2. The van der Waals surface area contributed by atoms with Crippen LogP contribution >= 0.6 is 0 Å². The molecule has 1 rings (SSSR count).